The maximum absolute atomic E-state index is 12.8. The van der Waals surface area contributed by atoms with Gasteiger partial charge in [-0.05, 0) is 24.3 Å². The Morgan fingerprint density at radius 2 is 1.70 bits per heavy atom. The molecule has 1 aromatic carbocycles. The fourth-order valence-corrected chi connectivity index (χ4v) is 4.39. The molecule has 0 unspecified atom stereocenters. The molecule has 1 aliphatic heterocycles. The molecule has 0 bridgehead atoms. The summed E-state index contributed by atoms with van der Waals surface area (Å²) in [5, 5.41) is 9.12. The van der Waals surface area contributed by atoms with Crippen LogP contribution in [0.15, 0.2) is 47.5 Å². The van der Waals surface area contributed by atoms with Gasteiger partial charge in [0.25, 0.3) is 0 Å². The predicted molar refractivity (Wildman–Crippen MR) is 91.4 cm³/mol. The molecular weight excluding hydrogens is 381 g/mol. The minimum atomic E-state index is -4.45. The monoisotopic (exact) mass is 396 g/mol. The van der Waals surface area contributed by atoms with Gasteiger partial charge >= 0.3 is 6.18 Å². The van der Waals surface area contributed by atoms with Crippen molar-refractivity contribution in [2.45, 2.75) is 11.1 Å². The van der Waals surface area contributed by atoms with Gasteiger partial charge in [-0.25, -0.2) is 13.4 Å². The summed E-state index contributed by atoms with van der Waals surface area (Å²) < 4.78 is 64.7. The van der Waals surface area contributed by atoms with Crippen molar-refractivity contribution in [2.24, 2.45) is 0 Å². The molecule has 0 atom stereocenters. The SMILES string of the molecule is N#Cc1ccccc1S(=O)(=O)N1CCN(c2ccc(C(F)(F)F)cn2)CC1. The fourth-order valence-electron chi connectivity index (χ4n) is 2.82. The van der Waals surface area contributed by atoms with Crippen molar-refractivity contribution in [3.05, 3.63) is 53.7 Å². The highest BCUT2D eigenvalue weighted by atomic mass is 32.2. The highest BCUT2D eigenvalue weighted by Crippen LogP contribution is 2.29. The summed E-state index contributed by atoms with van der Waals surface area (Å²) >= 11 is 0. The van der Waals surface area contributed by atoms with E-state index in [4.69, 9.17) is 5.26 Å². The molecule has 0 aliphatic carbocycles. The number of piperazine rings is 1. The summed E-state index contributed by atoms with van der Waals surface area (Å²) in [6.45, 7) is 0.855. The number of pyridine rings is 1. The van der Waals surface area contributed by atoms with Crippen molar-refractivity contribution in [3.8, 4) is 6.07 Å². The summed E-state index contributed by atoms with van der Waals surface area (Å²) in [4.78, 5) is 5.51. The average Bonchev–Trinajstić information content (AvgIpc) is 2.67. The molecular formula is C17H15F3N4O2S. The third-order valence-corrected chi connectivity index (χ3v) is 6.22. The molecule has 27 heavy (non-hydrogen) atoms. The molecule has 6 nitrogen and oxygen atoms in total. The van der Waals surface area contributed by atoms with Crippen LogP contribution in [0.25, 0.3) is 0 Å². The first-order chi connectivity index (χ1) is 12.7. The minimum Gasteiger partial charge on any atom is -0.354 e. The van der Waals surface area contributed by atoms with Gasteiger partial charge in [-0.2, -0.15) is 22.7 Å². The Bertz CT molecular complexity index is 961. The largest absolute Gasteiger partial charge is 0.417 e. The van der Waals surface area contributed by atoms with E-state index in [-0.39, 0.29) is 36.6 Å². The van der Waals surface area contributed by atoms with Crippen LogP contribution >= 0.6 is 0 Å². The Kier molecular flexibility index (Phi) is 5.08. The highest BCUT2D eigenvalue weighted by molar-refractivity contribution is 7.89. The third-order valence-electron chi connectivity index (χ3n) is 4.26. The second-order valence-electron chi connectivity index (χ2n) is 5.90. The lowest BCUT2D eigenvalue weighted by Gasteiger charge is -2.34. The zero-order valence-corrected chi connectivity index (χ0v) is 14.8. The summed E-state index contributed by atoms with van der Waals surface area (Å²) in [7, 11) is -3.82. The van der Waals surface area contributed by atoms with Gasteiger partial charge in [-0.1, -0.05) is 12.1 Å². The first-order valence-electron chi connectivity index (χ1n) is 8.01. The predicted octanol–water partition coefficient (Wildman–Crippen LogP) is 2.48. The summed E-state index contributed by atoms with van der Waals surface area (Å²) in [5.74, 6) is 0.359. The molecule has 2 aromatic rings. The number of nitriles is 1. The van der Waals surface area contributed by atoms with Crippen LogP contribution in [0.1, 0.15) is 11.1 Å². The number of hydrogen-bond acceptors (Lipinski definition) is 5. The first kappa shape index (κ1) is 19.1. The summed E-state index contributed by atoms with van der Waals surface area (Å²) in [5.41, 5.74) is -0.759. The number of halogens is 3. The van der Waals surface area contributed by atoms with Crippen molar-refractivity contribution in [2.75, 3.05) is 31.1 Å². The number of anilines is 1. The molecule has 142 valence electrons. The Morgan fingerprint density at radius 1 is 1.04 bits per heavy atom. The lowest BCUT2D eigenvalue weighted by atomic mass is 10.2. The lowest BCUT2D eigenvalue weighted by Crippen LogP contribution is -2.49. The normalized spacial score (nSPS) is 16.1. The van der Waals surface area contributed by atoms with Crippen LogP contribution in [0.5, 0.6) is 0 Å². The molecule has 1 aromatic heterocycles. The minimum absolute atomic E-state index is 0.0476. The van der Waals surface area contributed by atoms with E-state index >= 15 is 0 Å². The van der Waals surface area contributed by atoms with E-state index in [1.807, 2.05) is 6.07 Å². The van der Waals surface area contributed by atoms with E-state index in [9.17, 15) is 21.6 Å². The molecule has 2 heterocycles. The van der Waals surface area contributed by atoms with E-state index in [1.165, 1.54) is 22.5 Å². The van der Waals surface area contributed by atoms with Gasteiger partial charge in [0.2, 0.25) is 10.0 Å². The Morgan fingerprint density at radius 3 is 2.26 bits per heavy atom. The second-order valence-corrected chi connectivity index (χ2v) is 7.81. The number of rotatable bonds is 3. The average molecular weight is 396 g/mol. The molecule has 0 radical (unpaired) electrons. The van der Waals surface area contributed by atoms with E-state index in [0.717, 1.165) is 12.3 Å². The Labute approximate surface area is 154 Å². The molecule has 0 amide bonds. The second kappa shape index (κ2) is 7.17. The molecule has 10 heteroatoms. The fraction of sp³-hybridized carbons (Fsp3) is 0.294. The molecule has 0 saturated carbocycles. The van der Waals surface area contributed by atoms with Crippen LogP contribution in [-0.4, -0.2) is 43.9 Å². The number of sulfonamides is 1. The molecule has 1 aliphatic rings. The van der Waals surface area contributed by atoms with Gasteiger partial charge in [0.05, 0.1) is 16.0 Å². The van der Waals surface area contributed by atoms with Crippen LogP contribution < -0.4 is 4.90 Å². The topological polar surface area (TPSA) is 77.3 Å². The molecule has 3 rings (SSSR count). The lowest BCUT2D eigenvalue weighted by molar-refractivity contribution is -0.137. The zero-order chi connectivity index (χ0) is 19.7. The summed E-state index contributed by atoms with van der Waals surface area (Å²) in [6.07, 6.45) is -3.69. The number of nitrogens with zero attached hydrogens (tertiary/aromatic N) is 4. The van der Waals surface area contributed by atoms with Gasteiger partial charge in [0.15, 0.2) is 0 Å². The maximum Gasteiger partial charge on any atom is 0.417 e. The van der Waals surface area contributed by atoms with Crippen LogP contribution in [-0.2, 0) is 16.2 Å². The first-order valence-corrected chi connectivity index (χ1v) is 9.45. The van der Waals surface area contributed by atoms with Gasteiger partial charge in [0.1, 0.15) is 11.9 Å². The third kappa shape index (κ3) is 3.89. The quantitative estimate of drug-likeness (QED) is 0.797. The number of alkyl halides is 3. The molecule has 0 N–H and O–H groups in total. The van der Waals surface area contributed by atoms with Gasteiger partial charge in [0, 0.05) is 32.4 Å². The van der Waals surface area contributed by atoms with Crippen molar-refractivity contribution in [3.63, 3.8) is 0 Å². The van der Waals surface area contributed by atoms with Crippen LogP contribution in [0.2, 0.25) is 0 Å². The smallest absolute Gasteiger partial charge is 0.354 e. The van der Waals surface area contributed by atoms with E-state index in [1.54, 1.807) is 17.0 Å². The van der Waals surface area contributed by atoms with E-state index < -0.39 is 21.8 Å². The van der Waals surface area contributed by atoms with Crippen molar-refractivity contribution >= 4 is 15.8 Å². The zero-order valence-electron chi connectivity index (χ0n) is 14.0. The Balaban J connectivity index is 1.73. The van der Waals surface area contributed by atoms with Crippen molar-refractivity contribution in [1.29, 1.82) is 5.26 Å². The Hall–Kier alpha value is -2.64. The van der Waals surface area contributed by atoms with E-state index in [0.29, 0.717) is 5.82 Å². The van der Waals surface area contributed by atoms with Crippen LogP contribution in [0, 0.1) is 11.3 Å². The number of hydrogen-bond donors (Lipinski definition) is 0. The summed E-state index contributed by atoms with van der Waals surface area (Å²) in [6, 6.07) is 10.1. The maximum atomic E-state index is 12.8. The van der Waals surface area contributed by atoms with Crippen molar-refractivity contribution < 1.29 is 21.6 Å². The van der Waals surface area contributed by atoms with Crippen molar-refractivity contribution in [1.82, 2.24) is 9.29 Å². The van der Waals surface area contributed by atoms with Gasteiger partial charge in [-0.15, -0.1) is 0 Å². The molecule has 1 saturated heterocycles. The number of aromatic nitrogens is 1. The molecule has 1 fully saturated rings. The van der Waals surface area contributed by atoms with Gasteiger partial charge < -0.3 is 4.90 Å². The highest BCUT2D eigenvalue weighted by Gasteiger charge is 2.32. The molecule has 0 spiro atoms. The van der Waals surface area contributed by atoms with E-state index in [2.05, 4.69) is 4.98 Å². The number of benzene rings is 1. The standard InChI is InChI=1S/C17H15F3N4O2S/c18-17(19,20)14-5-6-16(22-12-14)23-7-9-24(10-8-23)27(25,26)15-4-2-1-3-13(15)11-21/h1-6,12H,7-10H2. The van der Waals surface area contributed by atoms with Crippen LogP contribution in [0.3, 0.4) is 0 Å². The van der Waals surface area contributed by atoms with Crippen LogP contribution in [0.4, 0.5) is 19.0 Å². The van der Waals surface area contributed by atoms with Gasteiger partial charge in [-0.3, -0.25) is 0 Å².